The molecule has 6 nitrogen and oxygen atoms in total. The lowest BCUT2D eigenvalue weighted by Crippen LogP contribution is -2.38. The van der Waals surface area contributed by atoms with Crippen LogP contribution in [0.1, 0.15) is 33.9 Å². The minimum absolute atomic E-state index is 0.0766. The molecule has 0 atom stereocenters. The predicted molar refractivity (Wildman–Crippen MR) is 156 cm³/mol. The number of amides is 1. The predicted octanol–water partition coefficient (Wildman–Crippen LogP) is 6.24. The van der Waals surface area contributed by atoms with Gasteiger partial charge >= 0.3 is 0 Å². The highest BCUT2D eigenvalue weighted by atomic mass is 16.4. The molecule has 3 aromatic carbocycles. The van der Waals surface area contributed by atoms with Crippen molar-refractivity contribution in [3.05, 3.63) is 126 Å². The molecule has 0 spiro atoms. The molecule has 0 fully saturated rings. The SMILES string of the molecule is O=C(c1ccc(Cn2ccc3ccccc32)o1)N1CCN(Cc2ccccc2)CCCNc2ccccc2C1. The molecule has 5 aromatic rings. The summed E-state index contributed by atoms with van der Waals surface area (Å²) >= 11 is 0. The number of nitrogens with one attached hydrogen (secondary N) is 1. The molecular weight excluding hydrogens is 484 g/mol. The van der Waals surface area contributed by atoms with E-state index in [1.807, 2.05) is 47.4 Å². The summed E-state index contributed by atoms with van der Waals surface area (Å²) in [5.41, 5.74) is 4.64. The van der Waals surface area contributed by atoms with E-state index in [-0.39, 0.29) is 5.91 Å². The van der Waals surface area contributed by atoms with Gasteiger partial charge in [-0.15, -0.1) is 0 Å². The van der Waals surface area contributed by atoms with Crippen LogP contribution in [-0.2, 0) is 19.6 Å². The summed E-state index contributed by atoms with van der Waals surface area (Å²) in [5.74, 6) is 1.08. The van der Waals surface area contributed by atoms with E-state index in [1.165, 1.54) is 10.9 Å². The highest BCUT2D eigenvalue weighted by Crippen LogP contribution is 2.22. The Bertz CT molecular complexity index is 1540. The molecule has 0 saturated heterocycles. The number of carbonyl (C=O) groups excluding carboxylic acids is 1. The number of nitrogens with zero attached hydrogens (tertiary/aromatic N) is 3. The van der Waals surface area contributed by atoms with Crippen LogP contribution in [0.4, 0.5) is 5.69 Å². The maximum absolute atomic E-state index is 13.8. The Morgan fingerprint density at radius 2 is 1.62 bits per heavy atom. The normalized spacial score (nSPS) is 14.9. The minimum Gasteiger partial charge on any atom is -0.454 e. The average Bonchev–Trinajstić information content (AvgIpc) is 3.60. The largest absolute Gasteiger partial charge is 0.454 e. The molecule has 1 aliphatic rings. The van der Waals surface area contributed by atoms with E-state index >= 15 is 0 Å². The number of hydrogen-bond donors (Lipinski definition) is 1. The monoisotopic (exact) mass is 518 g/mol. The Hall–Kier alpha value is -4.29. The van der Waals surface area contributed by atoms with Crippen LogP contribution in [-0.4, -0.2) is 46.5 Å². The second-order valence-electron chi connectivity index (χ2n) is 10.2. The van der Waals surface area contributed by atoms with Gasteiger partial charge < -0.3 is 19.2 Å². The smallest absolute Gasteiger partial charge is 0.289 e. The fourth-order valence-corrected chi connectivity index (χ4v) is 5.37. The Kier molecular flexibility index (Phi) is 7.45. The van der Waals surface area contributed by atoms with Gasteiger partial charge in [-0.3, -0.25) is 9.69 Å². The van der Waals surface area contributed by atoms with Crippen LogP contribution < -0.4 is 5.32 Å². The summed E-state index contributed by atoms with van der Waals surface area (Å²) in [7, 11) is 0. The van der Waals surface area contributed by atoms with Gasteiger partial charge in [-0.05, 0) is 53.3 Å². The first-order valence-electron chi connectivity index (χ1n) is 13.7. The zero-order chi connectivity index (χ0) is 26.4. The van der Waals surface area contributed by atoms with Crippen LogP contribution in [0.3, 0.4) is 0 Å². The molecule has 2 aromatic heterocycles. The van der Waals surface area contributed by atoms with Crippen molar-refractivity contribution >= 4 is 22.5 Å². The number of carbonyl (C=O) groups is 1. The summed E-state index contributed by atoms with van der Waals surface area (Å²) in [5, 5.41) is 4.79. The van der Waals surface area contributed by atoms with Gasteiger partial charge in [0, 0.05) is 56.7 Å². The maximum atomic E-state index is 13.8. The number of hydrogen-bond acceptors (Lipinski definition) is 4. The Balaban J connectivity index is 1.22. The second kappa shape index (κ2) is 11.6. The number of rotatable bonds is 5. The summed E-state index contributed by atoms with van der Waals surface area (Å²) in [6.07, 6.45) is 3.10. The van der Waals surface area contributed by atoms with E-state index in [2.05, 4.69) is 75.6 Å². The third kappa shape index (κ3) is 5.91. The second-order valence-corrected chi connectivity index (χ2v) is 10.2. The van der Waals surface area contributed by atoms with Crippen molar-refractivity contribution in [3.8, 4) is 0 Å². The van der Waals surface area contributed by atoms with Crippen LogP contribution in [0.5, 0.6) is 0 Å². The van der Waals surface area contributed by atoms with Crippen LogP contribution in [0.15, 0.2) is 108 Å². The van der Waals surface area contributed by atoms with E-state index in [1.54, 1.807) is 0 Å². The van der Waals surface area contributed by atoms with Gasteiger partial charge in [0.25, 0.3) is 5.91 Å². The quantitative estimate of drug-likeness (QED) is 0.299. The number of aromatic nitrogens is 1. The standard InChI is InChI=1S/C33H34N4O2/c38-33(32-16-15-29(39-32)25-36-20-17-27-11-5-7-14-31(27)36)37-22-21-35(23-26-9-2-1-3-10-26)19-8-18-34-30-13-6-4-12-28(30)24-37/h1-7,9-17,20,34H,8,18-19,21-25H2. The zero-order valence-corrected chi connectivity index (χ0v) is 22.1. The fourth-order valence-electron chi connectivity index (χ4n) is 5.37. The summed E-state index contributed by atoms with van der Waals surface area (Å²) in [6.45, 7) is 5.25. The topological polar surface area (TPSA) is 53.7 Å². The molecule has 3 heterocycles. The van der Waals surface area contributed by atoms with Crippen molar-refractivity contribution in [2.45, 2.75) is 26.1 Å². The highest BCUT2D eigenvalue weighted by molar-refractivity contribution is 5.91. The third-order valence-electron chi connectivity index (χ3n) is 7.45. The number of anilines is 1. The van der Waals surface area contributed by atoms with Gasteiger partial charge in [-0.25, -0.2) is 0 Å². The molecule has 0 radical (unpaired) electrons. The van der Waals surface area contributed by atoms with Crippen LogP contribution in [0.25, 0.3) is 10.9 Å². The fraction of sp³-hybridized carbons (Fsp3) is 0.242. The van der Waals surface area contributed by atoms with Crippen LogP contribution >= 0.6 is 0 Å². The van der Waals surface area contributed by atoms with E-state index < -0.39 is 0 Å². The summed E-state index contributed by atoms with van der Waals surface area (Å²) < 4.78 is 8.29. The van der Waals surface area contributed by atoms with Crippen molar-refractivity contribution in [2.75, 3.05) is 31.5 Å². The van der Waals surface area contributed by atoms with E-state index in [9.17, 15) is 4.79 Å². The first kappa shape index (κ1) is 25.0. The molecule has 198 valence electrons. The van der Waals surface area contributed by atoms with Crippen molar-refractivity contribution in [2.24, 2.45) is 0 Å². The van der Waals surface area contributed by atoms with Gasteiger partial charge in [-0.1, -0.05) is 66.7 Å². The summed E-state index contributed by atoms with van der Waals surface area (Å²) in [6, 6.07) is 33.0. The lowest BCUT2D eigenvalue weighted by molar-refractivity contribution is 0.0686. The number of benzene rings is 3. The molecule has 6 heteroatoms. The molecule has 0 aliphatic carbocycles. The number of para-hydroxylation sites is 2. The van der Waals surface area contributed by atoms with Crippen molar-refractivity contribution in [1.29, 1.82) is 0 Å². The minimum atomic E-state index is -0.0766. The van der Waals surface area contributed by atoms with Gasteiger partial charge in [0.2, 0.25) is 0 Å². The van der Waals surface area contributed by atoms with Crippen LogP contribution in [0.2, 0.25) is 0 Å². The number of fused-ring (bicyclic) bond motifs is 2. The Morgan fingerprint density at radius 1 is 0.795 bits per heavy atom. The zero-order valence-electron chi connectivity index (χ0n) is 22.1. The molecule has 0 saturated carbocycles. The van der Waals surface area contributed by atoms with Crippen LogP contribution in [0, 0.1) is 0 Å². The molecule has 39 heavy (non-hydrogen) atoms. The van der Waals surface area contributed by atoms with Gasteiger partial charge in [0.1, 0.15) is 5.76 Å². The molecule has 6 rings (SSSR count). The maximum Gasteiger partial charge on any atom is 0.289 e. The number of furan rings is 1. The molecule has 1 N–H and O–H groups in total. The lowest BCUT2D eigenvalue weighted by Gasteiger charge is -2.27. The molecular formula is C33H34N4O2. The van der Waals surface area contributed by atoms with Crippen molar-refractivity contribution < 1.29 is 9.21 Å². The van der Waals surface area contributed by atoms with Gasteiger partial charge in [0.05, 0.1) is 6.54 Å². The molecule has 1 amide bonds. The van der Waals surface area contributed by atoms with E-state index in [4.69, 9.17) is 4.42 Å². The third-order valence-corrected chi connectivity index (χ3v) is 7.45. The molecule has 1 aliphatic heterocycles. The van der Waals surface area contributed by atoms with E-state index in [0.29, 0.717) is 25.4 Å². The lowest BCUT2D eigenvalue weighted by atomic mass is 10.1. The van der Waals surface area contributed by atoms with Gasteiger partial charge in [-0.2, -0.15) is 0 Å². The molecule has 0 bridgehead atoms. The Morgan fingerprint density at radius 3 is 2.54 bits per heavy atom. The first-order valence-corrected chi connectivity index (χ1v) is 13.7. The Labute approximate surface area is 229 Å². The average molecular weight is 519 g/mol. The van der Waals surface area contributed by atoms with Gasteiger partial charge in [0.15, 0.2) is 5.76 Å². The highest BCUT2D eigenvalue weighted by Gasteiger charge is 2.22. The first-order chi connectivity index (χ1) is 19.2. The summed E-state index contributed by atoms with van der Waals surface area (Å²) in [4.78, 5) is 18.2. The van der Waals surface area contributed by atoms with Crippen molar-refractivity contribution in [1.82, 2.24) is 14.4 Å². The van der Waals surface area contributed by atoms with E-state index in [0.717, 1.165) is 55.1 Å². The molecule has 0 unspecified atom stereocenters. The van der Waals surface area contributed by atoms with Crippen molar-refractivity contribution in [3.63, 3.8) is 0 Å².